The molecule has 1 atom stereocenters. The van der Waals surface area contributed by atoms with Crippen LogP contribution in [0.5, 0.6) is 0 Å². The van der Waals surface area contributed by atoms with Crippen molar-refractivity contribution < 1.29 is 9.90 Å². The molecular formula is C18H25N3O2. The summed E-state index contributed by atoms with van der Waals surface area (Å²) in [7, 11) is 0. The van der Waals surface area contributed by atoms with E-state index in [1.165, 1.54) is 0 Å². The van der Waals surface area contributed by atoms with Gasteiger partial charge in [0.1, 0.15) is 0 Å². The highest BCUT2D eigenvalue weighted by Crippen LogP contribution is 2.25. The molecule has 2 N–H and O–H groups in total. The number of carbonyl (C=O) groups excluding carboxylic acids is 1. The molecule has 0 saturated carbocycles. The molecule has 0 aliphatic rings. The van der Waals surface area contributed by atoms with Crippen LogP contribution in [0.15, 0.2) is 42.7 Å². The normalized spacial score (nSPS) is 13.1. The average Bonchev–Trinajstić information content (AvgIpc) is 3.06. The van der Waals surface area contributed by atoms with Gasteiger partial charge in [-0.2, -0.15) is 5.10 Å². The van der Waals surface area contributed by atoms with Crippen LogP contribution in [0.25, 0.3) is 5.69 Å². The predicted molar refractivity (Wildman–Crippen MR) is 90.5 cm³/mol. The molecule has 1 aromatic carbocycles. The highest BCUT2D eigenvalue weighted by atomic mass is 16.3. The molecule has 1 heterocycles. The van der Waals surface area contributed by atoms with E-state index in [1.807, 2.05) is 52.0 Å². The van der Waals surface area contributed by atoms with Crippen LogP contribution in [0.4, 0.5) is 0 Å². The van der Waals surface area contributed by atoms with Crippen LogP contribution < -0.4 is 5.32 Å². The van der Waals surface area contributed by atoms with Crippen LogP contribution in [0.3, 0.4) is 0 Å². The van der Waals surface area contributed by atoms with E-state index < -0.39 is 11.5 Å². The van der Waals surface area contributed by atoms with Gasteiger partial charge in [0.15, 0.2) is 0 Å². The Balaban J connectivity index is 2.14. The molecule has 1 aromatic heterocycles. The number of nitrogens with one attached hydrogen (secondary N) is 1. The summed E-state index contributed by atoms with van der Waals surface area (Å²) in [6, 6.07) is 9.15. The minimum absolute atomic E-state index is 0.137. The van der Waals surface area contributed by atoms with E-state index >= 15 is 0 Å². The summed E-state index contributed by atoms with van der Waals surface area (Å²) in [6.45, 7) is 8.26. The second-order valence-corrected chi connectivity index (χ2v) is 6.83. The number of aliphatic hydroxyl groups excluding tert-OH is 1. The van der Waals surface area contributed by atoms with Crippen LogP contribution in [0.1, 0.15) is 38.1 Å². The van der Waals surface area contributed by atoms with E-state index in [0.29, 0.717) is 12.1 Å². The molecule has 5 nitrogen and oxygen atoms in total. The van der Waals surface area contributed by atoms with Crippen molar-refractivity contribution in [2.45, 2.75) is 33.8 Å². The first-order chi connectivity index (χ1) is 10.8. The number of nitrogens with zero attached hydrogens (tertiary/aromatic N) is 2. The number of aliphatic hydroxyl groups is 1. The second-order valence-electron chi connectivity index (χ2n) is 6.83. The summed E-state index contributed by atoms with van der Waals surface area (Å²) in [5, 5.41) is 17.4. The van der Waals surface area contributed by atoms with Crippen molar-refractivity contribution in [2.24, 2.45) is 11.3 Å². The lowest BCUT2D eigenvalue weighted by atomic mass is 9.80. The maximum Gasteiger partial charge on any atom is 0.253 e. The van der Waals surface area contributed by atoms with Gasteiger partial charge in [-0.3, -0.25) is 4.79 Å². The monoisotopic (exact) mass is 315 g/mol. The quantitative estimate of drug-likeness (QED) is 0.861. The third kappa shape index (κ3) is 3.99. The number of para-hydroxylation sites is 1. The van der Waals surface area contributed by atoms with Crippen molar-refractivity contribution in [3.63, 3.8) is 0 Å². The first-order valence-electron chi connectivity index (χ1n) is 7.88. The molecule has 0 radical (unpaired) electrons. The standard InChI is InChI=1S/C18H25N3O2/c1-13(2)16(22)18(3,4)12-19-17(23)14-8-5-6-9-15(14)21-11-7-10-20-21/h5-11,13,16,22H,12H2,1-4H3,(H,19,23). The van der Waals surface area contributed by atoms with E-state index in [2.05, 4.69) is 10.4 Å². The second kappa shape index (κ2) is 6.96. The molecule has 2 aromatic rings. The topological polar surface area (TPSA) is 67.2 Å². The maximum atomic E-state index is 12.6. The van der Waals surface area contributed by atoms with E-state index in [4.69, 9.17) is 0 Å². The van der Waals surface area contributed by atoms with Crippen molar-refractivity contribution >= 4 is 5.91 Å². The fourth-order valence-electron chi connectivity index (χ4n) is 2.69. The lowest BCUT2D eigenvalue weighted by Crippen LogP contribution is -2.43. The third-order valence-electron chi connectivity index (χ3n) is 4.04. The molecule has 0 saturated heterocycles. The fourth-order valence-corrected chi connectivity index (χ4v) is 2.69. The summed E-state index contributed by atoms with van der Waals surface area (Å²) in [5.74, 6) is -0.0293. The molecule has 5 heteroatoms. The number of rotatable bonds is 6. The Morgan fingerprint density at radius 3 is 2.61 bits per heavy atom. The van der Waals surface area contributed by atoms with Crippen molar-refractivity contribution in [2.75, 3.05) is 6.54 Å². The maximum absolute atomic E-state index is 12.6. The number of hydrogen-bond donors (Lipinski definition) is 2. The number of benzene rings is 1. The average molecular weight is 315 g/mol. The van der Waals surface area contributed by atoms with E-state index in [-0.39, 0.29) is 11.8 Å². The van der Waals surface area contributed by atoms with Crippen LogP contribution in [0, 0.1) is 11.3 Å². The van der Waals surface area contributed by atoms with Gasteiger partial charge in [0.2, 0.25) is 0 Å². The van der Waals surface area contributed by atoms with Crippen molar-refractivity contribution in [3.8, 4) is 5.69 Å². The summed E-state index contributed by atoms with van der Waals surface area (Å²) < 4.78 is 1.67. The molecule has 2 rings (SSSR count). The van der Waals surface area contributed by atoms with E-state index in [9.17, 15) is 9.90 Å². The molecular weight excluding hydrogens is 290 g/mol. The third-order valence-corrected chi connectivity index (χ3v) is 4.04. The molecule has 1 unspecified atom stereocenters. The highest BCUT2D eigenvalue weighted by molar-refractivity contribution is 5.97. The van der Waals surface area contributed by atoms with Crippen LogP contribution >= 0.6 is 0 Å². The van der Waals surface area contributed by atoms with E-state index in [1.54, 1.807) is 23.1 Å². The molecule has 0 aliphatic carbocycles. The Morgan fingerprint density at radius 2 is 2.00 bits per heavy atom. The molecule has 0 bridgehead atoms. The minimum Gasteiger partial charge on any atom is -0.392 e. The Bertz CT molecular complexity index is 648. The first kappa shape index (κ1) is 17.2. The van der Waals surface area contributed by atoms with E-state index in [0.717, 1.165) is 5.69 Å². The van der Waals surface area contributed by atoms with Gasteiger partial charge in [-0.15, -0.1) is 0 Å². The number of amides is 1. The molecule has 1 amide bonds. The summed E-state index contributed by atoms with van der Waals surface area (Å²) >= 11 is 0. The number of hydrogen-bond acceptors (Lipinski definition) is 3. The van der Waals surface area contributed by atoms with Gasteiger partial charge in [0.25, 0.3) is 5.91 Å². The Labute approximate surface area is 137 Å². The predicted octanol–water partition coefficient (Wildman–Crippen LogP) is 2.65. The zero-order valence-corrected chi connectivity index (χ0v) is 14.2. The molecule has 0 fully saturated rings. The van der Waals surface area contributed by atoms with Gasteiger partial charge in [0.05, 0.1) is 17.4 Å². The zero-order valence-electron chi connectivity index (χ0n) is 14.2. The Morgan fingerprint density at radius 1 is 1.30 bits per heavy atom. The molecule has 124 valence electrons. The Kier molecular flexibility index (Phi) is 5.21. The van der Waals surface area contributed by atoms with Crippen LogP contribution in [-0.4, -0.2) is 33.4 Å². The molecule has 0 aliphatic heterocycles. The zero-order chi connectivity index (χ0) is 17.0. The summed E-state index contributed by atoms with van der Waals surface area (Å²) in [4.78, 5) is 12.6. The fraction of sp³-hybridized carbons (Fsp3) is 0.444. The SMILES string of the molecule is CC(C)C(O)C(C)(C)CNC(=O)c1ccccc1-n1cccn1. The summed E-state index contributed by atoms with van der Waals surface area (Å²) in [6.07, 6.45) is 3.00. The minimum atomic E-state index is -0.482. The van der Waals surface area contributed by atoms with Crippen molar-refractivity contribution in [3.05, 3.63) is 48.3 Å². The van der Waals surface area contributed by atoms with Crippen molar-refractivity contribution in [1.82, 2.24) is 15.1 Å². The highest BCUT2D eigenvalue weighted by Gasteiger charge is 2.30. The molecule has 23 heavy (non-hydrogen) atoms. The largest absolute Gasteiger partial charge is 0.392 e. The number of aromatic nitrogens is 2. The van der Waals surface area contributed by atoms with Crippen LogP contribution in [-0.2, 0) is 0 Å². The van der Waals surface area contributed by atoms with Gasteiger partial charge in [-0.05, 0) is 24.1 Å². The van der Waals surface area contributed by atoms with Gasteiger partial charge in [0, 0.05) is 24.4 Å². The summed E-state index contributed by atoms with van der Waals surface area (Å²) in [5.41, 5.74) is 0.896. The lowest BCUT2D eigenvalue weighted by molar-refractivity contribution is 0.0138. The van der Waals surface area contributed by atoms with Crippen molar-refractivity contribution in [1.29, 1.82) is 0 Å². The first-order valence-corrected chi connectivity index (χ1v) is 7.88. The van der Waals surface area contributed by atoms with Crippen LogP contribution in [0.2, 0.25) is 0 Å². The van der Waals surface area contributed by atoms with Gasteiger partial charge >= 0.3 is 0 Å². The smallest absolute Gasteiger partial charge is 0.253 e. The Hall–Kier alpha value is -2.14. The lowest BCUT2D eigenvalue weighted by Gasteiger charge is -2.33. The van der Waals surface area contributed by atoms with Gasteiger partial charge in [-0.1, -0.05) is 39.8 Å². The van der Waals surface area contributed by atoms with Gasteiger partial charge in [-0.25, -0.2) is 4.68 Å². The van der Waals surface area contributed by atoms with Gasteiger partial charge < -0.3 is 10.4 Å². The number of carbonyl (C=O) groups is 1. The molecule has 0 spiro atoms.